The van der Waals surface area contributed by atoms with E-state index in [2.05, 4.69) is 5.32 Å². The van der Waals surface area contributed by atoms with Gasteiger partial charge < -0.3 is 15.0 Å². The molecule has 0 atom stereocenters. The van der Waals surface area contributed by atoms with Crippen molar-refractivity contribution in [3.63, 3.8) is 0 Å². The van der Waals surface area contributed by atoms with Crippen molar-refractivity contribution in [1.29, 1.82) is 0 Å². The van der Waals surface area contributed by atoms with Gasteiger partial charge in [0.2, 0.25) is 0 Å². The van der Waals surface area contributed by atoms with E-state index in [0.29, 0.717) is 17.3 Å². The summed E-state index contributed by atoms with van der Waals surface area (Å²) in [5, 5.41) is 4.66. The summed E-state index contributed by atoms with van der Waals surface area (Å²) < 4.78 is 5.14. The number of nitrogens with zero attached hydrogens (tertiary/aromatic N) is 1. The highest BCUT2D eigenvalue weighted by molar-refractivity contribution is 6.33. The molecule has 112 valence electrons. The van der Waals surface area contributed by atoms with Gasteiger partial charge in [0.05, 0.1) is 22.8 Å². The Morgan fingerprint density at radius 2 is 1.81 bits per heavy atom. The maximum Gasteiger partial charge on any atom is 0.137 e. The Labute approximate surface area is 135 Å². The first-order chi connectivity index (χ1) is 10.0. The quantitative estimate of drug-likeness (QED) is 0.864. The largest absolute Gasteiger partial charge is 0.495 e. The molecule has 2 aromatic carbocycles. The number of halogens is 2. The van der Waals surface area contributed by atoms with Gasteiger partial charge in [-0.25, -0.2) is 0 Å². The molecule has 0 aromatic heterocycles. The molecule has 5 heteroatoms. The average Bonchev–Trinajstić information content (AvgIpc) is 2.45. The van der Waals surface area contributed by atoms with E-state index in [9.17, 15) is 0 Å². The second-order valence-electron chi connectivity index (χ2n) is 4.88. The van der Waals surface area contributed by atoms with Crippen molar-refractivity contribution in [2.45, 2.75) is 6.54 Å². The first-order valence-corrected chi connectivity index (χ1v) is 7.30. The van der Waals surface area contributed by atoms with Crippen LogP contribution < -0.4 is 15.0 Å². The zero-order valence-electron chi connectivity index (χ0n) is 12.3. The molecule has 0 bridgehead atoms. The topological polar surface area (TPSA) is 24.5 Å². The normalized spacial score (nSPS) is 10.3. The minimum Gasteiger partial charge on any atom is -0.495 e. The summed E-state index contributed by atoms with van der Waals surface area (Å²) in [5.41, 5.74) is 3.04. The fourth-order valence-corrected chi connectivity index (χ4v) is 2.63. The molecule has 0 fully saturated rings. The van der Waals surface area contributed by atoms with Crippen LogP contribution >= 0.6 is 23.2 Å². The number of rotatable bonds is 5. The highest BCUT2D eigenvalue weighted by Crippen LogP contribution is 2.28. The van der Waals surface area contributed by atoms with E-state index >= 15 is 0 Å². The van der Waals surface area contributed by atoms with Gasteiger partial charge in [-0.1, -0.05) is 29.3 Å². The molecule has 2 aromatic rings. The number of nitrogens with one attached hydrogen (secondary N) is 1. The Bertz CT molecular complexity index is 630. The predicted molar refractivity (Wildman–Crippen MR) is 91.1 cm³/mol. The number of ether oxygens (including phenoxy) is 1. The number of benzene rings is 2. The molecule has 21 heavy (non-hydrogen) atoms. The van der Waals surface area contributed by atoms with Gasteiger partial charge in [-0.2, -0.15) is 0 Å². The van der Waals surface area contributed by atoms with E-state index in [4.69, 9.17) is 27.9 Å². The van der Waals surface area contributed by atoms with E-state index in [1.165, 1.54) is 0 Å². The van der Waals surface area contributed by atoms with Crippen LogP contribution in [-0.2, 0) is 6.54 Å². The fourth-order valence-electron chi connectivity index (χ4n) is 2.00. The second kappa shape index (κ2) is 6.92. The Morgan fingerprint density at radius 1 is 1.05 bits per heavy atom. The molecule has 0 aliphatic heterocycles. The van der Waals surface area contributed by atoms with Crippen molar-refractivity contribution in [2.75, 3.05) is 31.4 Å². The Kier molecular flexibility index (Phi) is 5.21. The fraction of sp³-hybridized carbons (Fsp3) is 0.250. The van der Waals surface area contributed by atoms with Crippen LogP contribution in [0.3, 0.4) is 0 Å². The van der Waals surface area contributed by atoms with Crippen LogP contribution in [0.2, 0.25) is 10.0 Å². The lowest BCUT2D eigenvalue weighted by atomic mass is 10.2. The van der Waals surface area contributed by atoms with Crippen molar-refractivity contribution in [1.82, 2.24) is 0 Å². The molecule has 0 heterocycles. The molecule has 0 radical (unpaired) electrons. The summed E-state index contributed by atoms with van der Waals surface area (Å²) in [7, 11) is 5.54. The third-order valence-electron chi connectivity index (χ3n) is 3.14. The summed E-state index contributed by atoms with van der Waals surface area (Å²) in [6.45, 7) is 0.668. The van der Waals surface area contributed by atoms with Crippen molar-refractivity contribution in [3.8, 4) is 5.75 Å². The molecule has 2 rings (SSSR count). The van der Waals surface area contributed by atoms with Crippen LogP contribution in [0.25, 0.3) is 0 Å². The molecule has 1 N–H and O–H groups in total. The first kappa shape index (κ1) is 15.8. The monoisotopic (exact) mass is 324 g/mol. The Morgan fingerprint density at radius 3 is 2.38 bits per heavy atom. The maximum absolute atomic E-state index is 6.25. The van der Waals surface area contributed by atoms with Crippen LogP contribution in [0.5, 0.6) is 5.75 Å². The summed E-state index contributed by atoms with van der Waals surface area (Å²) in [4.78, 5) is 1.98. The van der Waals surface area contributed by atoms with Crippen LogP contribution in [-0.4, -0.2) is 21.2 Å². The van der Waals surface area contributed by atoms with E-state index in [-0.39, 0.29) is 0 Å². The van der Waals surface area contributed by atoms with Crippen LogP contribution in [0, 0.1) is 0 Å². The third-order valence-corrected chi connectivity index (χ3v) is 3.74. The Balaban J connectivity index is 2.06. The van der Waals surface area contributed by atoms with Crippen molar-refractivity contribution in [2.24, 2.45) is 0 Å². The summed E-state index contributed by atoms with van der Waals surface area (Å²) >= 11 is 12.4. The lowest BCUT2D eigenvalue weighted by molar-refractivity contribution is 0.415. The van der Waals surface area contributed by atoms with Gasteiger partial charge in [0.15, 0.2) is 0 Å². The molecule has 0 spiro atoms. The molecule has 0 unspecified atom stereocenters. The van der Waals surface area contributed by atoms with E-state index in [0.717, 1.165) is 22.0 Å². The van der Waals surface area contributed by atoms with Gasteiger partial charge in [-0.3, -0.25) is 0 Å². The van der Waals surface area contributed by atoms with Gasteiger partial charge >= 0.3 is 0 Å². The summed E-state index contributed by atoms with van der Waals surface area (Å²) in [6, 6.07) is 11.7. The zero-order valence-corrected chi connectivity index (χ0v) is 13.8. The van der Waals surface area contributed by atoms with Gasteiger partial charge in [0.1, 0.15) is 5.75 Å². The average molecular weight is 325 g/mol. The zero-order chi connectivity index (χ0) is 15.4. The summed E-state index contributed by atoms with van der Waals surface area (Å²) in [6.07, 6.45) is 0. The van der Waals surface area contributed by atoms with Crippen molar-refractivity contribution in [3.05, 3.63) is 52.0 Å². The number of hydrogen-bond donors (Lipinski definition) is 1. The SMILES string of the molecule is COc1ccc(CNc2ccc(N(C)C)c(Cl)c2)cc1Cl. The second-order valence-corrected chi connectivity index (χ2v) is 5.70. The van der Waals surface area contributed by atoms with Gasteiger partial charge in [0, 0.05) is 26.3 Å². The van der Waals surface area contributed by atoms with Gasteiger partial charge in [-0.05, 0) is 35.9 Å². The van der Waals surface area contributed by atoms with Crippen LogP contribution in [0.4, 0.5) is 11.4 Å². The maximum atomic E-state index is 6.25. The number of hydrogen-bond acceptors (Lipinski definition) is 3. The van der Waals surface area contributed by atoms with Crippen LogP contribution in [0.1, 0.15) is 5.56 Å². The standard InChI is InChI=1S/C16H18Cl2N2O/c1-20(2)15-6-5-12(9-13(15)17)19-10-11-4-7-16(21-3)14(18)8-11/h4-9,19H,10H2,1-3H3. The molecule has 0 aliphatic rings. The van der Waals surface area contributed by atoms with Gasteiger partial charge in [-0.15, -0.1) is 0 Å². The smallest absolute Gasteiger partial charge is 0.137 e. The van der Waals surface area contributed by atoms with E-state index in [1.54, 1.807) is 7.11 Å². The highest BCUT2D eigenvalue weighted by atomic mass is 35.5. The lowest BCUT2D eigenvalue weighted by Gasteiger charge is -2.16. The molecule has 0 aliphatic carbocycles. The molecule has 0 amide bonds. The van der Waals surface area contributed by atoms with Gasteiger partial charge in [0.25, 0.3) is 0 Å². The van der Waals surface area contributed by atoms with E-state index in [1.807, 2.05) is 55.4 Å². The lowest BCUT2D eigenvalue weighted by Crippen LogP contribution is -2.09. The minimum atomic E-state index is 0.609. The Hall–Kier alpha value is -1.58. The third kappa shape index (κ3) is 3.96. The highest BCUT2D eigenvalue weighted by Gasteiger charge is 2.05. The van der Waals surface area contributed by atoms with Crippen molar-refractivity contribution >= 4 is 34.6 Å². The minimum absolute atomic E-state index is 0.609. The molecule has 3 nitrogen and oxygen atoms in total. The molecule has 0 saturated carbocycles. The summed E-state index contributed by atoms with van der Waals surface area (Å²) in [5.74, 6) is 0.679. The van der Waals surface area contributed by atoms with Crippen molar-refractivity contribution < 1.29 is 4.74 Å². The molecular weight excluding hydrogens is 307 g/mol. The molecular formula is C16H18Cl2N2O. The number of methoxy groups -OCH3 is 1. The number of anilines is 2. The van der Waals surface area contributed by atoms with Crippen LogP contribution in [0.15, 0.2) is 36.4 Å². The predicted octanol–water partition coefficient (Wildman–Crippen LogP) is 4.68. The van der Waals surface area contributed by atoms with E-state index < -0.39 is 0 Å². The first-order valence-electron chi connectivity index (χ1n) is 6.54. The molecule has 0 saturated heterocycles.